The number of ether oxygens (including phenoxy) is 1. The molecule has 0 spiro atoms. The molecule has 6 nitrogen and oxygen atoms in total. The molecule has 2 fully saturated rings. The van der Waals surface area contributed by atoms with Crippen LogP contribution in [0.3, 0.4) is 0 Å². The molecule has 0 aliphatic carbocycles. The maximum Gasteiger partial charge on any atom is 0.305 e. The van der Waals surface area contributed by atoms with Gasteiger partial charge in [0.15, 0.2) is 0 Å². The molecular formula is C32H38Cl2N4O2. The van der Waals surface area contributed by atoms with Crippen LogP contribution in [0.5, 0.6) is 0 Å². The fraction of sp³-hybridized carbons (Fsp3) is 0.406. The van der Waals surface area contributed by atoms with E-state index in [0.29, 0.717) is 28.9 Å². The molecule has 212 valence electrons. The number of nitrogens with one attached hydrogen (secondary N) is 2. The first-order chi connectivity index (χ1) is 19.4. The van der Waals surface area contributed by atoms with E-state index in [1.165, 1.54) is 23.9 Å². The fourth-order valence-electron chi connectivity index (χ4n) is 5.69. The van der Waals surface area contributed by atoms with Gasteiger partial charge in [0.1, 0.15) is 0 Å². The van der Waals surface area contributed by atoms with E-state index in [1.54, 1.807) is 6.07 Å². The Labute approximate surface area is 247 Å². The van der Waals surface area contributed by atoms with Crippen molar-refractivity contribution in [3.63, 3.8) is 0 Å². The summed E-state index contributed by atoms with van der Waals surface area (Å²) < 4.78 is 4.87. The van der Waals surface area contributed by atoms with E-state index in [4.69, 9.17) is 27.9 Å². The maximum atomic E-state index is 11.7. The van der Waals surface area contributed by atoms with Crippen LogP contribution in [0, 0.1) is 5.92 Å². The number of piperidine rings is 1. The first kappa shape index (κ1) is 28.7. The third kappa shape index (κ3) is 7.91. The number of rotatable bonds is 9. The molecule has 2 aliphatic heterocycles. The van der Waals surface area contributed by atoms with Crippen molar-refractivity contribution in [2.24, 2.45) is 5.92 Å². The molecule has 0 bridgehead atoms. The minimum atomic E-state index is -0.109. The number of methoxy groups -OCH3 is 1. The van der Waals surface area contributed by atoms with E-state index < -0.39 is 0 Å². The van der Waals surface area contributed by atoms with Crippen molar-refractivity contribution in [3.05, 3.63) is 81.8 Å². The van der Waals surface area contributed by atoms with Crippen molar-refractivity contribution in [2.75, 3.05) is 56.6 Å². The van der Waals surface area contributed by atoms with E-state index in [2.05, 4.69) is 62.9 Å². The number of hydrogen-bond donors (Lipinski definition) is 2. The van der Waals surface area contributed by atoms with Gasteiger partial charge in [-0.15, -0.1) is 0 Å². The normalized spacial score (nSPS) is 16.6. The standard InChI is InChI=1S/C32H38Cl2N4O2/c1-40-32(39)17-23-6-10-37(11-7-23)22-25-14-24(15-26(16-25)27-18-28(33)20-29(34)19-27)21-36-30-2-4-31(5-3-30)38-12-8-35-9-13-38/h2-5,14-16,18-20,23,35-36H,6-13,17,21-22H2,1H3. The van der Waals surface area contributed by atoms with Crippen LogP contribution in [0.1, 0.15) is 30.4 Å². The molecule has 2 aliphatic rings. The highest BCUT2D eigenvalue weighted by Crippen LogP contribution is 2.30. The highest BCUT2D eigenvalue weighted by atomic mass is 35.5. The van der Waals surface area contributed by atoms with Crippen molar-refractivity contribution in [2.45, 2.75) is 32.4 Å². The number of piperazine rings is 1. The van der Waals surface area contributed by atoms with Crippen LogP contribution in [-0.2, 0) is 22.6 Å². The smallest absolute Gasteiger partial charge is 0.305 e. The first-order valence-corrected chi connectivity index (χ1v) is 14.9. The van der Waals surface area contributed by atoms with Gasteiger partial charge in [-0.2, -0.15) is 0 Å². The van der Waals surface area contributed by atoms with Crippen molar-refractivity contribution in [1.29, 1.82) is 0 Å². The lowest BCUT2D eigenvalue weighted by Gasteiger charge is -2.31. The molecule has 0 amide bonds. The summed E-state index contributed by atoms with van der Waals surface area (Å²) in [5.41, 5.74) is 6.95. The molecule has 0 radical (unpaired) electrons. The van der Waals surface area contributed by atoms with E-state index >= 15 is 0 Å². The third-order valence-corrected chi connectivity index (χ3v) is 8.33. The lowest BCUT2D eigenvalue weighted by Crippen LogP contribution is -2.43. The largest absolute Gasteiger partial charge is 0.469 e. The van der Waals surface area contributed by atoms with Gasteiger partial charge in [0.05, 0.1) is 7.11 Å². The second-order valence-corrected chi connectivity index (χ2v) is 11.7. The number of likely N-dealkylation sites (tertiary alicyclic amines) is 1. The van der Waals surface area contributed by atoms with Crippen molar-refractivity contribution in [1.82, 2.24) is 10.2 Å². The molecule has 2 heterocycles. The lowest BCUT2D eigenvalue weighted by atomic mass is 9.93. The number of esters is 1. The third-order valence-electron chi connectivity index (χ3n) is 7.89. The molecule has 2 N–H and O–H groups in total. The van der Waals surface area contributed by atoms with Crippen LogP contribution < -0.4 is 15.5 Å². The van der Waals surface area contributed by atoms with Crippen LogP contribution >= 0.6 is 23.2 Å². The van der Waals surface area contributed by atoms with Gasteiger partial charge in [0.2, 0.25) is 0 Å². The highest BCUT2D eigenvalue weighted by Gasteiger charge is 2.22. The van der Waals surface area contributed by atoms with Crippen LogP contribution in [0.2, 0.25) is 10.0 Å². The van der Waals surface area contributed by atoms with Gasteiger partial charge in [-0.1, -0.05) is 29.3 Å². The molecule has 40 heavy (non-hydrogen) atoms. The molecule has 8 heteroatoms. The van der Waals surface area contributed by atoms with Gasteiger partial charge in [-0.25, -0.2) is 0 Å². The summed E-state index contributed by atoms with van der Waals surface area (Å²) in [6.07, 6.45) is 2.54. The maximum absolute atomic E-state index is 11.7. The van der Waals surface area contributed by atoms with Gasteiger partial charge >= 0.3 is 5.97 Å². The Bertz CT molecular complexity index is 1270. The summed E-state index contributed by atoms with van der Waals surface area (Å²) in [6.45, 7) is 7.66. The van der Waals surface area contributed by atoms with Crippen LogP contribution in [0.4, 0.5) is 11.4 Å². The topological polar surface area (TPSA) is 56.8 Å². The Morgan fingerprint density at radius 3 is 2.23 bits per heavy atom. The molecular weight excluding hydrogens is 543 g/mol. The van der Waals surface area contributed by atoms with Crippen LogP contribution in [0.15, 0.2) is 60.7 Å². The Morgan fingerprint density at radius 2 is 1.55 bits per heavy atom. The van der Waals surface area contributed by atoms with E-state index in [0.717, 1.165) is 75.5 Å². The highest BCUT2D eigenvalue weighted by molar-refractivity contribution is 6.35. The van der Waals surface area contributed by atoms with Gasteiger partial charge in [0.25, 0.3) is 0 Å². The SMILES string of the molecule is COC(=O)CC1CCN(Cc2cc(CNc3ccc(N4CCNCC4)cc3)cc(-c3cc(Cl)cc(Cl)c3)c2)CC1. The Kier molecular flexibility index (Phi) is 9.87. The zero-order chi connectivity index (χ0) is 27.9. The summed E-state index contributed by atoms with van der Waals surface area (Å²) in [4.78, 5) is 16.6. The van der Waals surface area contributed by atoms with Crippen molar-refractivity contribution >= 4 is 40.5 Å². The number of halogens is 2. The van der Waals surface area contributed by atoms with E-state index in [-0.39, 0.29) is 5.97 Å². The number of nitrogens with zero attached hydrogens (tertiary/aromatic N) is 2. The molecule has 0 saturated carbocycles. The summed E-state index contributed by atoms with van der Waals surface area (Å²) >= 11 is 12.7. The Hall–Kier alpha value is -2.77. The fourth-order valence-corrected chi connectivity index (χ4v) is 6.21. The summed E-state index contributed by atoms with van der Waals surface area (Å²) in [5.74, 6) is 0.295. The number of carbonyl (C=O) groups excluding carboxylic acids is 1. The molecule has 3 aromatic rings. The summed E-state index contributed by atoms with van der Waals surface area (Å²) in [5, 5.41) is 8.28. The van der Waals surface area contributed by atoms with Gasteiger partial charge in [-0.3, -0.25) is 9.69 Å². The predicted molar refractivity (Wildman–Crippen MR) is 165 cm³/mol. The molecule has 3 aromatic carbocycles. The van der Waals surface area contributed by atoms with Crippen LogP contribution in [0.25, 0.3) is 11.1 Å². The molecule has 0 aromatic heterocycles. The number of anilines is 2. The summed E-state index contributed by atoms with van der Waals surface area (Å²) in [7, 11) is 1.46. The van der Waals surface area contributed by atoms with Gasteiger partial charge in [-0.05, 0) is 109 Å². The summed E-state index contributed by atoms with van der Waals surface area (Å²) in [6, 6.07) is 21.2. The van der Waals surface area contributed by atoms with Crippen molar-refractivity contribution in [3.8, 4) is 11.1 Å². The van der Waals surface area contributed by atoms with Gasteiger partial charge < -0.3 is 20.3 Å². The number of carbonyl (C=O) groups is 1. The van der Waals surface area contributed by atoms with E-state index in [1.807, 2.05) is 12.1 Å². The number of hydrogen-bond acceptors (Lipinski definition) is 6. The second kappa shape index (κ2) is 13.7. The van der Waals surface area contributed by atoms with Gasteiger partial charge in [0, 0.05) is 67.1 Å². The monoisotopic (exact) mass is 580 g/mol. The molecule has 0 atom stereocenters. The second-order valence-electron chi connectivity index (χ2n) is 10.8. The average molecular weight is 582 g/mol. The average Bonchev–Trinajstić information content (AvgIpc) is 2.97. The number of benzene rings is 3. The molecule has 0 unspecified atom stereocenters. The zero-order valence-electron chi connectivity index (χ0n) is 23.1. The van der Waals surface area contributed by atoms with Crippen LogP contribution in [-0.4, -0.2) is 57.2 Å². The predicted octanol–water partition coefficient (Wildman–Crippen LogP) is 6.46. The van der Waals surface area contributed by atoms with Crippen molar-refractivity contribution < 1.29 is 9.53 Å². The molecule has 2 saturated heterocycles. The van der Waals surface area contributed by atoms with E-state index in [9.17, 15) is 4.79 Å². The molecule has 5 rings (SSSR count). The zero-order valence-corrected chi connectivity index (χ0v) is 24.6. The Morgan fingerprint density at radius 1 is 0.900 bits per heavy atom. The lowest BCUT2D eigenvalue weighted by molar-refractivity contribution is -0.142. The minimum Gasteiger partial charge on any atom is -0.469 e. The quantitative estimate of drug-likeness (QED) is 0.283. The first-order valence-electron chi connectivity index (χ1n) is 14.1. The Balaban J connectivity index is 1.29. The minimum absolute atomic E-state index is 0.109.